The van der Waals surface area contributed by atoms with E-state index in [1.165, 1.54) is 43.7 Å². The molecule has 3 heteroatoms. The van der Waals surface area contributed by atoms with Crippen molar-refractivity contribution in [3.05, 3.63) is 24.3 Å². The molecular weight excluding hydrogens is 210 g/mol. The van der Waals surface area contributed by atoms with Gasteiger partial charge in [-0.15, -0.1) is 0 Å². The van der Waals surface area contributed by atoms with Crippen molar-refractivity contribution in [1.82, 2.24) is 5.32 Å². The number of hydrogen-bond acceptors (Lipinski definition) is 3. The van der Waals surface area contributed by atoms with Crippen molar-refractivity contribution in [3.8, 4) is 0 Å². The number of anilines is 2. The molecule has 0 aliphatic carbocycles. The largest absolute Gasteiger partial charge is 0.381 e. The van der Waals surface area contributed by atoms with E-state index in [0.29, 0.717) is 6.04 Å². The van der Waals surface area contributed by atoms with E-state index in [9.17, 15) is 0 Å². The van der Waals surface area contributed by atoms with Crippen molar-refractivity contribution in [2.45, 2.75) is 25.3 Å². The van der Waals surface area contributed by atoms with Gasteiger partial charge in [-0.05, 0) is 44.0 Å². The Balaban J connectivity index is 1.69. The molecule has 2 heterocycles. The van der Waals surface area contributed by atoms with E-state index in [-0.39, 0.29) is 0 Å². The van der Waals surface area contributed by atoms with Crippen LogP contribution in [0.3, 0.4) is 0 Å². The lowest BCUT2D eigenvalue weighted by molar-refractivity contribution is 0.793. The molecule has 0 amide bonds. The van der Waals surface area contributed by atoms with Gasteiger partial charge in [-0.3, -0.25) is 0 Å². The first-order valence-corrected chi connectivity index (χ1v) is 6.74. The fraction of sp³-hybridized carbons (Fsp3) is 0.571. The number of hydrogen-bond donors (Lipinski definition) is 2. The number of nitrogens with one attached hydrogen (secondary N) is 2. The zero-order valence-electron chi connectivity index (χ0n) is 10.3. The van der Waals surface area contributed by atoms with Crippen molar-refractivity contribution in [3.63, 3.8) is 0 Å². The third-order valence-electron chi connectivity index (χ3n) is 3.75. The minimum absolute atomic E-state index is 0.601. The van der Waals surface area contributed by atoms with Crippen LogP contribution in [-0.4, -0.2) is 32.2 Å². The summed E-state index contributed by atoms with van der Waals surface area (Å²) in [5.41, 5.74) is 2.64. The van der Waals surface area contributed by atoms with Crippen LogP contribution in [0.25, 0.3) is 0 Å². The Bertz CT molecular complexity index is 365. The minimum atomic E-state index is 0.601. The average molecular weight is 231 g/mol. The summed E-state index contributed by atoms with van der Waals surface area (Å²) < 4.78 is 0. The zero-order valence-corrected chi connectivity index (χ0v) is 10.3. The molecule has 1 aromatic carbocycles. The van der Waals surface area contributed by atoms with Crippen LogP contribution in [0.5, 0.6) is 0 Å². The summed E-state index contributed by atoms with van der Waals surface area (Å²) in [7, 11) is 0. The van der Waals surface area contributed by atoms with Crippen molar-refractivity contribution in [2.24, 2.45) is 0 Å². The lowest BCUT2D eigenvalue weighted by Gasteiger charge is -2.20. The van der Waals surface area contributed by atoms with E-state index in [1.807, 2.05) is 0 Å². The Labute approximate surface area is 103 Å². The van der Waals surface area contributed by atoms with E-state index in [4.69, 9.17) is 0 Å². The molecule has 0 radical (unpaired) electrons. The van der Waals surface area contributed by atoms with E-state index in [2.05, 4.69) is 39.8 Å². The molecule has 2 saturated heterocycles. The molecule has 1 atom stereocenters. The van der Waals surface area contributed by atoms with Gasteiger partial charge >= 0.3 is 0 Å². The topological polar surface area (TPSA) is 27.3 Å². The van der Waals surface area contributed by atoms with Crippen molar-refractivity contribution in [1.29, 1.82) is 0 Å². The molecule has 2 fully saturated rings. The van der Waals surface area contributed by atoms with Gasteiger partial charge in [0.05, 0.1) is 0 Å². The summed E-state index contributed by atoms with van der Waals surface area (Å²) in [6.45, 7) is 4.67. The lowest BCUT2D eigenvalue weighted by Crippen LogP contribution is -2.22. The fourth-order valence-electron chi connectivity index (χ4n) is 2.78. The molecular formula is C14H21N3. The van der Waals surface area contributed by atoms with Gasteiger partial charge in [0.1, 0.15) is 0 Å². The Kier molecular flexibility index (Phi) is 3.18. The lowest BCUT2D eigenvalue weighted by atomic mass is 10.2. The Morgan fingerprint density at radius 1 is 1.24 bits per heavy atom. The van der Waals surface area contributed by atoms with Crippen LogP contribution < -0.4 is 15.5 Å². The summed E-state index contributed by atoms with van der Waals surface area (Å²) >= 11 is 0. The maximum atomic E-state index is 3.62. The van der Waals surface area contributed by atoms with Gasteiger partial charge in [0.2, 0.25) is 0 Å². The second kappa shape index (κ2) is 4.96. The van der Waals surface area contributed by atoms with Crippen molar-refractivity contribution < 1.29 is 0 Å². The monoisotopic (exact) mass is 231 g/mol. The van der Waals surface area contributed by atoms with Crippen LogP contribution in [0.1, 0.15) is 19.3 Å². The average Bonchev–Trinajstić information content (AvgIpc) is 3.01. The van der Waals surface area contributed by atoms with E-state index >= 15 is 0 Å². The van der Waals surface area contributed by atoms with Crippen LogP contribution in [0.2, 0.25) is 0 Å². The second-order valence-corrected chi connectivity index (χ2v) is 5.08. The minimum Gasteiger partial charge on any atom is -0.381 e. The standard InChI is InChI=1S/C14H21N3/c1-2-9-17(8-1)14-5-3-4-12(10-14)16-13-6-7-15-11-13/h3-5,10,13,15-16H,1-2,6-9,11H2. The molecule has 3 rings (SSSR count). The Morgan fingerprint density at radius 2 is 2.12 bits per heavy atom. The zero-order chi connectivity index (χ0) is 11.5. The Hall–Kier alpha value is -1.22. The highest BCUT2D eigenvalue weighted by atomic mass is 15.1. The van der Waals surface area contributed by atoms with Gasteiger partial charge < -0.3 is 15.5 Å². The molecule has 2 N–H and O–H groups in total. The van der Waals surface area contributed by atoms with Crippen LogP contribution >= 0.6 is 0 Å². The molecule has 3 nitrogen and oxygen atoms in total. The highest BCUT2D eigenvalue weighted by molar-refractivity contribution is 5.58. The molecule has 0 aromatic heterocycles. The predicted molar refractivity (Wildman–Crippen MR) is 72.8 cm³/mol. The molecule has 2 aliphatic rings. The Morgan fingerprint density at radius 3 is 2.88 bits per heavy atom. The van der Waals surface area contributed by atoms with Gasteiger partial charge in [-0.1, -0.05) is 6.07 Å². The SMILES string of the molecule is c1cc(NC2CCNC2)cc(N2CCCC2)c1. The normalized spacial score (nSPS) is 24.2. The summed E-state index contributed by atoms with van der Waals surface area (Å²) in [6.07, 6.45) is 3.91. The maximum Gasteiger partial charge on any atom is 0.0398 e. The molecule has 0 saturated carbocycles. The van der Waals surface area contributed by atoms with Crippen LogP contribution in [0, 0.1) is 0 Å². The molecule has 0 bridgehead atoms. The maximum absolute atomic E-state index is 3.62. The third kappa shape index (κ3) is 2.55. The number of benzene rings is 1. The highest BCUT2D eigenvalue weighted by Crippen LogP contribution is 2.24. The van der Waals surface area contributed by atoms with Crippen LogP contribution in [0.4, 0.5) is 11.4 Å². The first kappa shape index (κ1) is 10.9. The number of rotatable bonds is 3. The fourth-order valence-corrected chi connectivity index (χ4v) is 2.78. The van der Waals surface area contributed by atoms with E-state index in [0.717, 1.165) is 13.1 Å². The van der Waals surface area contributed by atoms with Gasteiger partial charge in [-0.25, -0.2) is 0 Å². The number of nitrogens with zero attached hydrogens (tertiary/aromatic N) is 1. The smallest absolute Gasteiger partial charge is 0.0398 e. The molecule has 1 unspecified atom stereocenters. The molecule has 1 aromatic rings. The summed E-state index contributed by atoms with van der Waals surface area (Å²) in [5.74, 6) is 0. The van der Waals surface area contributed by atoms with Gasteiger partial charge in [0.15, 0.2) is 0 Å². The molecule has 92 valence electrons. The predicted octanol–water partition coefficient (Wildman–Crippen LogP) is 2.06. The third-order valence-corrected chi connectivity index (χ3v) is 3.75. The van der Waals surface area contributed by atoms with Gasteiger partial charge in [0.25, 0.3) is 0 Å². The summed E-state index contributed by atoms with van der Waals surface area (Å²) in [4.78, 5) is 2.48. The van der Waals surface area contributed by atoms with Crippen LogP contribution in [0.15, 0.2) is 24.3 Å². The van der Waals surface area contributed by atoms with Crippen molar-refractivity contribution >= 4 is 11.4 Å². The van der Waals surface area contributed by atoms with Gasteiger partial charge in [0, 0.05) is 37.1 Å². The first-order chi connectivity index (χ1) is 8.42. The van der Waals surface area contributed by atoms with E-state index < -0.39 is 0 Å². The molecule has 2 aliphatic heterocycles. The molecule has 0 spiro atoms. The first-order valence-electron chi connectivity index (χ1n) is 6.74. The van der Waals surface area contributed by atoms with Crippen molar-refractivity contribution in [2.75, 3.05) is 36.4 Å². The molecule has 17 heavy (non-hydrogen) atoms. The quantitative estimate of drug-likeness (QED) is 0.834. The van der Waals surface area contributed by atoms with E-state index in [1.54, 1.807) is 0 Å². The summed E-state index contributed by atoms with van der Waals surface area (Å²) in [6, 6.07) is 9.47. The second-order valence-electron chi connectivity index (χ2n) is 5.08. The highest BCUT2D eigenvalue weighted by Gasteiger charge is 2.15. The van der Waals surface area contributed by atoms with Crippen LogP contribution in [-0.2, 0) is 0 Å². The summed E-state index contributed by atoms with van der Waals surface area (Å²) in [5, 5.41) is 7.00. The van der Waals surface area contributed by atoms with Gasteiger partial charge in [-0.2, -0.15) is 0 Å².